The molecule has 1 aromatic heterocycles. The second kappa shape index (κ2) is 8.58. The number of hydrogen-bond acceptors (Lipinski definition) is 4. The Bertz CT molecular complexity index is 461. The van der Waals surface area contributed by atoms with Crippen LogP contribution in [0.2, 0.25) is 4.34 Å². The smallest absolute Gasteiger partial charge is 0.191 e. The van der Waals surface area contributed by atoms with E-state index in [1.54, 1.807) is 13.1 Å². The summed E-state index contributed by atoms with van der Waals surface area (Å²) in [4.78, 5) is 4.99. The maximum absolute atomic E-state index is 10.1. The fourth-order valence-corrected chi connectivity index (χ4v) is 3.25. The van der Waals surface area contributed by atoms with E-state index in [4.69, 9.17) is 16.3 Å². The van der Waals surface area contributed by atoms with Crippen LogP contribution in [-0.2, 0) is 4.74 Å². The Hall–Kier alpha value is -0.820. The molecule has 5 nitrogen and oxygen atoms in total. The summed E-state index contributed by atoms with van der Waals surface area (Å²) in [5.41, 5.74) is 0. The number of halogens is 1. The van der Waals surface area contributed by atoms with Gasteiger partial charge in [0.15, 0.2) is 5.96 Å². The second-order valence-electron chi connectivity index (χ2n) is 4.98. The van der Waals surface area contributed by atoms with Gasteiger partial charge in [0.25, 0.3) is 0 Å². The lowest BCUT2D eigenvalue weighted by molar-refractivity contribution is 0.0194. The Kier molecular flexibility index (Phi) is 6.76. The lowest BCUT2D eigenvalue weighted by Gasteiger charge is -2.24. The summed E-state index contributed by atoms with van der Waals surface area (Å²) in [6, 6.07) is 3.63. The zero-order valence-corrected chi connectivity index (χ0v) is 13.7. The molecule has 2 heterocycles. The molecule has 2 unspecified atom stereocenters. The Balaban J connectivity index is 1.72. The minimum Gasteiger partial charge on any atom is -0.386 e. The standard InChI is InChI=1S/C14H22ClN3O2S/c1-16-14(17-8-10-4-2-3-7-20-10)18-9-11(19)12-5-6-13(15)21-12/h5-6,10-11,19H,2-4,7-9H2,1H3,(H2,16,17,18). The minimum absolute atomic E-state index is 0.248. The fraction of sp³-hybridized carbons (Fsp3) is 0.643. The largest absolute Gasteiger partial charge is 0.386 e. The van der Waals surface area contributed by atoms with Gasteiger partial charge < -0.3 is 20.5 Å². The Morgan fingerprint density at radius 2 is 2.38 bits per heavy atom. The molecule has 3 N–H and O–H groups in total. The maximum atomic E-state index is 10.1. The predicted molar refractivity (Wildman–Crippen MR) is 87.2 cm³/mol. The van der Waals surface area contributed by atoms with Crippen LogP contribution in [0, 0.1) is 0 Å². The van der Waals surface area contributed by atoms with Gasteiger partial charge in [-0.3, -0.25) is 4.99 Å². The van der Waals surface area contributed by atoms with Crippen molar-refractivity contribution < 1.29 is 9.84 Å². The summed E-state index contributed by atoms with van der Waals surface area (Å²) in [7, 11) is 1.71. The van der Waals surface area contributed by atoms with Crippen molar-refractivity contribution in [3.05, 3.63) is 21.3 Å². The predicted octanol–water partition coefficient (Wildman–Crippen LogP) is 2.17. The summed E-state index contributed by atoms with van der Waals surface area (Å²) in [6.07, 6.45) is 3.11. The van der Waals surface area contributed by atoms with Crippen molar-refractivity contribution in [1.29, 1.82) is 0 Å². The number of nitrogens with zero attached hydrogens (tertiary/aromatic N) is 1. The van der Waals surface area contributed by atoms with Crippen molar-refractivity contribution in [3.8, 4) is 0 Å². The van der Waals surface area contributed by atoms with Crippen molar-refractivity contribution >= 4 is 28.9 Å². The molecule has 1 fully saturated rings. The molecule has 2 atom stereocenters. The van der Waals surface area contributed by atoms with E-state index in [1.807, 2.05) is 6.07 Å². The van der Waals surface area contributed by atoms with Crippen molar-refractivity contribution in [2.75, 3.05) is 26.7 Å². The first-order chi connectivity index (χ1) is 10.2. The van der Waals surface area contributed by atoms with E-state index in [0.717, 1.165) is 30.9 Å². The third-order valence-electron chi connectivity index (χ3n) is 3.38. The number of guanidine groups is 1. The van der Waals surface area contributed by atoms with E-state index < -0.39 is 6.10 Å². The molecule has 118 valence electrons. The molecule has 0 spiro atoms. The molecule has 0 saturated carbocycles. The van der Waals surface area contributed by atoms with Crippen molar-refractivity contribution in [2.24, 2.45) is 4.99 Å². The highest BCUT2D eigenvalue weighted by molar-refractivity contribution is 7.16. The highest BCUT2D eigenvalue weighted by Gasteiger charge is 2.15. The van der Waals surface area contributed by atoms with Crippen LogP contribution in [-0.4, -0.2) is 43.9 Å². The van der Waals surface area contributed by atoms with Crippen LogP contribution in [0.1, 0.15) is 30.2 Å². The lowest BCUT2D eigenvalue weighted by atomic mass is 10.1. The highest BCUT2D eigenvalue weighted by Crippen LogP contribution is 2.26. The number of aliphatic hydroxyl groups excluding tert-OH is 1. The second-order valence-corrected chi connectivity index (χ2v) is 6.73. The number of rotatable bonds is 5. The van der Waals surface area contributed by atoms with Crippen LogP contribution >= 0.6 is 22.9 Å². The quantitative estimate of drug-likeness (QED) is 0.571. The molecule has 2 rings (SSSR count). The Morgan fingerprint density at radius 3 is 3.00 bits per heavy atom. The Morgan fingerprint density at radius 1 is 1.52 bits per heavy atom. The van der Waals surface area contributed by atoms with Gasteiger partial charge in [-0.05, 0) is 31.4 Å². The number of aliphatic imine (C=N–C) groups is 1. The van der Waals surface area contributed by atoms with Gasteiger partial charge >= 0.3 is 0 Å². The number of aliphatic hydroxyl groups is 1. The van der Waals surface area contributed by atoms with Gasteiger partial charge in [0.1, 0.15) is 6.10 Å². The third-order valence-corrected chi connectivity index (χ3v) is 4.71. The highest BCUT2D eigenvalue weighted by atomic mass is 35.5. The van der Waals surface area contributed by atoms with Gasteiger partial charge in [-0.2, -0.15) is 0 Å². The molecule has 1 aromatic rings. The molecule has 0 amide bonds. The van der Waals surface area contributed by atoms with E-state index in [9.17, 15) is 5.11 Å². The lowest BCUT2D eigenvalue weighted by Crippen LogP contribution is -2.43. The Labute approximate surface area is 134 Å². The van der Waals surface area contributed by atoms with Gasteiger partial charge in [0.2, 0.25) is 0 Å². The van der Waals surface area contributed by atoms with Gasteiger partial charge in [0.05, 0.1) is 10.4 Å². The topological polar surface area (TPSA) is 65.9 Å². The zero-order valence-electron chi connectivity index (χ0n) is 12.1. The first kappa shape index (κ1) is 16.5. The summed E-state index contributed by atoms with van der Waals surface area (Å²) in [5, 5.41) is 16.4. The first-order valence-corrected chi connectivity index (χ1v) is 8.38. The van der Waals surface area contributed by atoms with Crippen molar-refractivity contribution in [3.63, 3.8) is 0 Å². The SMILES string of the molecule is CN=C(NCC1CCCCO1)NCC(O)c1ccc(Cl)s1. The van der Waals surface area contributed by atoms with Crippen LogP contribution in [0.15, 0.2) is 17.1 Å². The monoisotopic (exact) mass is 331 g/mol. The summed E-state index contributed by atoms with van der Waals surface area (Å²) < 4.78 is 6.34. The zero-order chi connectivity index (χ0) is 15.1. The van der Waals surface area contributed by atoms with Crippen LogP contribution in [0.3, 0.4) is 0 Å². The van der Waals surface area contributed by atoms with Crippen LogP contribution in [0.25, 0.3) is 0 Å². The van der Waals surface area contributed by atoms with Gasteiger partial charge in [-0.25, -0.2) is 0 Å². The molecule has 7 heteroatoms. The van der Waals surface area contributed by atoms with Crippen molar-refractivity contribution in [2.45, 2.75) is 31.5 Å². The molecule has 0 aromatic carbocycles. The van der Waals surface area contributed by atoms with Crippen LogP contribution < -0.4 is 10.6 Å². The molecular formula is C14H22ClN3O2S. The number of thiophene rings is 1. The van der Waals surface area contributed by atoms with E-state index in [0.29, 0.717) is 16.8 Å². The molecule has 0 bridgehead atoms. The number of hydrogen-bond donors (Lipinski definition) is 3. The molecule has 0 radical (unpaired) electrons. The van der Waals surface area contributed by atoms with E-state index in [-0.39, 0.29) is 6.10 Å². The fourth-order valence-electron chi connectivity index (χ4n) is 2.20. The minimum atomic E-state index is -0.591. The van der Waals surface area contributed by atoms with E-state index in [2.05, 4.69) is 15.6 Å². The number of ether oxygens (including phenoxy) is 1. The van der Waals surface area contributed by atoms with Crippen molar-refractivity contribution in [1.82, 2.24) is 10.6 Å². The normalized spacial score (nSPS) is 21.1. The van der Waals surface area contributed by atoms with Gasteiger partial charge in [-0.15, -0.1) is 11.3 Å². The molecule has 0 aliphatic carbocycles. The first-order valence-electron chi connectivity index (χ1n) is 7.18. The molecule has 21 heavy (non-hydrogen) atoms. The third kappa shape index (κ3) is 5.47. The average molecular weight is 332 g/mol. The van der Waals surface area contributed by atoms with Gasteiger partial charge in [0, 0.05) is 31.6 Å². The average Bonchev–Trinajstić information content (AvgIpc) is 2.95. The maximum Gasteiger partial charge on any atom is 0.191 e. The summed E-state index contributed by atoms with van der Waals surface area (Å²) in [5.74, 6) is 0.672. The molecule has 1 saturated heterocycles. The molecule has 1 aliphatic rings. The van der Waals surface area contributed by atoms with E-state index >= 15 is 0 Å². The summed E-state index contributed by atoms with van der Waals surface area (Å²) in [6.45, 7) is 1.97. The summed E-state index contributed by atoms with van der Waals surface area (Å²) >= 11 is 7.25. The van der Waals surface area contributed by atoms with E-state index in [1.165, 1.54) is 17.8 Å². The molecular weight excluding hydrogens is 310 g/mol. The van der Waals surface area contributed by atoms with Crippen LogP contribution in [0.4, 0.5) is 0 Å². The van der Waals surface area contributed by atoms with Gasteiger partial charge in [-0.1, -0.05) is 11.6 Å². The van der Waals surface area contributed by atoms with Crippen LogP contribution in [0.5, 0.6) is 0 Å². The molecule has 1 aliphatic heterocycles. The number of nitrogens with one attached hydrogen (secondary N) is 2.